The second kappa shape index (κ2) is 8.07. The van der Waals surface area contributed by atoms with Crippen LogP contribution in [0.15, 0.2) is 29.2 Å². The lowest BCUT2D eigenvalue weighted by molar-refractivity contribution is -0.128. The summed E-state index contributed by atoms with van der Waals surface area (Å²) in [5, 5.41) is 6.34. The number of rotatable bonds is 4. The number of benzene rings is 1. The Kier molecular flexibility index (Phi) is 6.62. The molecule has 1 aromatic rings. The van der Waals surface area contributed by atoms with E-state index >= 15 is 0 Å². The second-order valence-corrected chi connectivity index (χ2v) is 10.2. The molecule has 1 aromatic carbocycles. The van der Waals surface area contributed by atoms with Gasteiger partial charge in [-0.3, -0.25) is 4.79 Å². The van der Waals surface area contributed by atoms with Crippen LogP contribution in [0, 0.1) is 11.3 Å². The Morgan fingerprint density at radius 1 is 1.26 bits per heavy atom. The Hall–Kier alpha value is -1.15. The maximum absolute atomic E-state index is 13.0. The van der Waals surface area contributed by atoms with Gasteiger partial charge in [0.2, 0.25) is 15.9 Å². The van der Waals surface area contributed by atoms with Crippen LogP contribution in [0.3, 0.4) is 0 Å². The molecule has 2 atom stereocenters. The number of fused-ring (bicyclic) bond motifs is 1. The minimum atomic E-state index is -3.63. The highest BCUT2D eigenvalue weighted by Gasteiger charge is 2.49. The third-order valence-electron chi connectivity index (χ3n) is 5.33. The predicted octanol–water partition coefficient (Wildman–Crippen LogP) is 2.90. The Balaban J connectivity index is 0.00000261. The average Bonchev–Trinajstić information content (AvgIpc) is 2.98. The fraction of sp³-hybridized carbons (Fsp3) is 0.632. The average molecular weight is 416 g/mol. The maximum Gasteiger partial charge on any atom is 0.241 e. The quantitative estimate of drug-likeness (QED) is 0.705. The molecule has 2 aliphatic rings. The van der Waals surface area contributed by atoms with Crippen molar-refractivity contribution in [1.29, 1.82) is 0 Å². The van der Waals surface area contributed by atoms with Crippen molar-refractivity contribution in [1.82, 2.24) is 10.0 Å². The Labute approximate surface area is 168 Å². The zero-order valence-electron chi connectivity index (χ0n) is 16.2. The number of carbonyl (C=O) groups is 1. The molecule has 1 saturated carbocycles. The van der Waals surface area contributed by atoms with Crippen LogP contribution < -0.4 is 15.4 Å². The van der Waals surface area contributed by atoms with Crippen LogP contribution in [0.2, 0.25) is 0 Å². The van der Waals surface area contributed by atoms with E-state index in [0.717, 1.165) is 25.8 Å². The number of carbonyl (C=O) groups excluding carboxylic acids is 1. The van der Waals surface area contributed by atoms with Crippen LogP contribution in [0.25, 0.3) is 0 Å². The van der Waals surface area contributed by atoms with Crippen LogP contribution in [0.1, 0.15) is 46.5 Å². The summed E-state index contributed by atoms with van der Waals surface area (Å²) in [5.41, 5.74) is -0.407. The Morgan fingerprint density at radius 2 is 2.00 bits per heavy atom. The summed E-state index contributed by atoms with van der Waals surface area (Å²) in [6, 6.07) is 6.48. The van der Waals surface area contributed by atoms with Crippen LogP contribution in [-0.2, 0) is 14.8 Å². The number of nitrogens with one attached hydrogen (secondary N) is 3. The van der Waals surface area contributed by atoms with Gasteiger partial charge in [0.25, 0.3) is 0 Å². The van der Waals surface area contributed by atoms with Gasteiger partial charge in [0, 0.05) is 17.8 Å². The zero-order chi connectivity index (χ0) is 19.0. The van der Waals surface area contributed by atoms with Crippen molar-refractivity contribution in [2.45, 2.75) is 56.9 Å². The summed E-state index contributed by atoms with van der Waals surface area (Å²) >= 11 is 0. The predicted molar refractivity (Wildman–Crippen MR) is 110 cm³/mol. The first kappa shape index (κ1) is 22.1. The molecule has 1 heterocycles. The van der Waals surface area contributed by atoms with E-state index in [-0.39, 0.29) is 28.6 Å². The molecule has 8 heteroatoms. The number of halogens is 1. The molecule has 1 aliphatic heterocycles. The smallest absolute Gasteiger partial charge is 0.241 e. The van der Waals surface area contributed by atoms with E-state index in [4.69, 9.17) is 0 Å². The van der Waals surface area contributed by atoms with Crippen molar-refractivity contribution in [3.05, 3.63) is 24.3 Å². The molecule has 1 amide bonds. The molecule has 27 heavy (non-hydrogen) atoms. The van der Waals surface area contributed by atoms with Crippen molar-refractivity contribution in [2.24, 2.45) is 11.3 Å². The molecule has 6 nitrogen and oxygen atoms in total. The highest BCUT2D eigenvalue weighted by Crippen LogP contribution is 2.44. The third kappa shape index (κ3) is 4.83. The molecule has 3 rings (SSSR count). The summed E-state index contributed by atoms with van der Waals surface area (Å²) in [4.78, 5) is 13.2. The van der Waals surface area contributed by atoms with Crippen LogP contribution >= 0.6 is 12.4 Å². The lowest BCUT2D eigenvalue weighted by atomic mass is 9.67. The van der Waals surface area contributed by atoms with Gasteiger partial charge < -0.3 is 10.6 Å². The van der Waals surface area contributed by atoms with Gasteiger partial charge in [-0.05, 0) is 64.3 Å². The first-order valence-electron chi connectivity index (χ1n) is 9.29. The highest BCUT2D eigenvalue weighted by molar-refractivity contribution is 7.89. The lowest BCUT2D eigenvalue weighted by Crippen LogP contribution is -2.44. The number of hydrogen-bond donors (Lipinski definition) is 3. The summed E-state index contributed by atoms with van der Waals surface area (Å²) in [5.74, 6) is 0.372. The van der Waals surface area contributed by atoms with E-state index < -0.39 is 15.6 Å². The molecule has 0 radical (unpaired) electrons. The fourth-order valence-corrected chi connectivity index (χ4v) is 5.61. The molecule has 1 aliphatic carbocycles. The van der Waals surface area contributed by atoms with Crippen molar-refractivity contribution >= 4 is 34.0 Å². The number of sulfonamides is 1. The van der Waals surface area contributed by atoms with Gasteiger partial charge in [-0.15, -0.1) is 12.4 Å². The molecular weight excluding hydrogens is 386 g/mol. The summed E-state index contributed by atoms with van der Waals surface area (Å²) in [7, 11) is -3.63. The van der Waals surface area contributed by atoms with Crippen molar-refractivity contribution in [3.63, 3.8) is 0 Å². The van der Waals surface area contributed by atoms with Gasteiger partial charge in [-0.2, -0.15) is 0 Å². The van der Waals surface area contributed by atoms with E-state index in [1.54, 1.807) is 39.0 Å². The van der Waals surface area contributed by atoms with Crippen LogP contribution in [0.4, 0.5) is 5.69 Å². The minimum absolute atomic E-state index is 0. The van der Waals surface area contributed by atoms with Crippen molar-refractivity contribution in [3.8, 4) is 0 Å². The van der Waals surface area contributed by atoms with Gasteiger partial charge in [0.15, 0.2) is 0 Å². The fourth-order valence-electron chi connectivity index (χ4n) is 4.15. The van der Waals surface area contributed by atoms with Crippen LogP contribution in [-0.4, -0.2) is 33.0 Å². The zero-order valence-corrected chi connectivity index (χ0v) is 17.8. The molecular formula is C19H30ClN3O3S. The first-order valence-corrected chi connectivity index (χ1v) is 10.8. The van der Waals surface area contributed by atoms with E-state index in [1.807, 2.05) is 0 Å². The number of amides is 1. The van der Waals surface area contributed by atoms with E-state index in [1.165, 1.54) is 12.5 Å². The molecule has 0 aromatic heterocycles. The van der Waals surface area contributed by atoms with Gasteiger partial charge in [0.05, 0.1) is 10.3 Å². The van der Waals surface area contributed by atoms with E-state index in [9.17, 15) is 13.2 Å². The molecule has 3 N–H and O–H groups in total. The molecule has 0 unspecified atom stereocenters. The minimum Gasteiger partial charge on any atom is -0.326 e. The second-order valence-electron chi connectivity index (χ2n) is 8.57. The Morgan fingerprint density at radius 3 is 2.70 bits per heavy atom. The molecule has 152 valence electrons. The summed E-state index contributed by atoms with van der Waals surface area (Å²) < 4.78 is 27.7. The lowest BCUT2D eigenvalue weighted by Gasteiger charge is -2.37. The van der Waals surface area contributed by atoms with Gasteiger partial charge >= 0.3 is 0 Å². The van der Waals surface area contributed by atoms with Gasteiger partial charge in [-0.1, -0.05) is 18.9 Å². The van der Waals surface area contributed by atoms with Crippen LogP contribution in [0.5, 0.6) is 0 Å². The highest BCUT2D eigenvalue weighted by atomic mass is 35.5. The topological polar surface area (TPSA) is 87.3 Å². The van der Waals surface area contributed by atoms with E-state index in [2.05, 4.69) is 15.4 Å². The Bertz CT molecular complexity index is 792. The third-order valence-corrected chi connectivity index (χ3v) is 7.09. The van der Waals surface area contributed by atoms with Gasteiger partial charge in [-0.25, -0.2) is 13.1 Å². The normalized spacial score (nSPS) is 25.4. The van der Waals surface area contributed by atoms with Crippen molar-refractivity contribution < 1.29 is 13.2 Å². The van der Waals surface area contributed by atoms with Crippen molar-refractivity contribution in [2.75, 3.05) is 18.4 Å². The largest absolute Gasteiger partial charge is 0.326 e. The standard InChI is InChI=1S/C19H29N3O3S.ClH/c1-18(2,3)22-26(24,25)16-9-6-8-15(11-16)21-17(23)19-10-5-4-7-14(19)12-20-13-19;/h6,8-9,11,14,20,22H,4-5,7,10,12-13H2,1-3H3,(H,21,23);1H/t14-,19+;/m0./s1. The maximum atomic E-state index is 13.0. The molecule has 0 bridgehead atoms. The SMILES string of the molecule is CC(C)(C)NS(=O)(=O)c1cccc(NC(=O)[C@@]23CCCC[C@H]2CNC3)c1.Cl. The van der Waals surface area contributed by atoms with E-state index in [0.29, 0.717) is 18.2 Å². The van der Waals surface area contributed by atoms with Gasteiger partial charge in [0.1, 0.15) is 0 Å². The molecule has 0 spiro atoms. The molecule has 2 fully saturated rings. The number of anilines is 1. The molecule has 1 saturated heterocycles. The first-order chi connectivity index (χ1) is 12.1. The summed E-state index contributed by atoms with van der Waals surface area (Å²) in [6.07, 6.45) is 4.20. The summed E-state index contributed by atoms with van der Waals surface area (Å²) in [6.45, 7) is 6.98. The number of hydrogen-bond acceptors (Lipinski definition) is 4. The monoisotopic (exact) mass is 415 g/mol.